The number of carbonyl (C=O) groups is 1. The van der Waals surface area contributed by atoms with Crippen LogP contribution in [0.5, 0.6) is 0 Å². The summed E-state index contributed by atoms with van der Waals surface area (Å²) >= 11 is 3.42. The number of aromatic amines is 2. The maximum Gasteiger partial charge on any atom is 0.323 e. The Kier molecular flexibility index (Phi) is 3.29. The molecule has 0 unspecified atom stereocenters. The highest BCUT2D eigenvalue weighted by Gasteiger charge is 2.18. The first kappa shape index (κ1) is 13.8. The average Bonchev–Trinajstić information content (AvgIpc) is 2.76. The fraction of sp³-hybridized carbons (Fsp3) is 0.125. The summed E-state index contributed by atoms with van der Waals surface area (Å²) in [5, 5.41) is 0. The minimum atomic E-state index is -0.284. The van der Waals surface area contributed by atoms with Crippen LogP contribution in [0, 0.1) is 13.8 Å². The first-order valence-electron chi connectivity index (χ1n) is 6.50. The third kappa shape index (κ3) is 2.34. The van der Waals surface area contributed by atoms with Crippen molar-refractivity contribution in [2.24, 2.45) is 0 Å². The monoisotopic (exact) mass is 344 g/mol. The van der Waals surface area contributed by atoms with Crippen molar-refractivity contribution in [2.45, 2.75) is 13.8 Å². The number of imidazole rings is 1. The number of rotatable bonds is 2. The summed E-state index contributed by atoms with van der Waals surface area (Å²) < 4.78 is 0.665. The standard InChI is InChI=1S/C16H13BrN2O2/c1-8-4-3-5-9(2)14(8)15(20)10-6-12-13(7-11(10)17)19-16(21)18-12/h3-7H,1-2H3,(H2,18,19,21). The van der Waals surface area contributed by atoms with Crippen molar-refractivity contribution < 1.29 is 4.79 Å². The SMILES string of the molecule is Cc1cccc(C)c1C(=O)c1cc2[nH]c(=O)[nH]c2cc1Br. The summed E-state index contributed by atoms with van der Waals surface area (Å²) in [4.78, 5) is 29.5. The van der Waals surface area contributed by atoms with Crippen molar-refractivity contribution in [3.05, 3.63) is 67.5 Å². The van der Waals surface area contributed by atoms with E-state index in [-0.39, 0.29) is 11.5 Å². The van der Waals surface area contributed by atoms with E-state index in [1.54, 1.807) is 12.1 Å². The lowest BCUT2D eigenvalue weighted by molar-refractivity contribution is 0.103. The number of hydrogen-bond donors (Lipinski definition) is 2. The zero-order valence-electron chi connectivity index (χ0n) is 11.6. The van der Waals surface area contributed by atoms with E-state index in [1.165, 1.54) is 0 Å². The number of aryl methyl sites for hydroxylation is 2. The topological polar surface area (TPSA) is 65.7 Å². The number of aromatic nitrogens is 2. The molecule has 0 amide bonds. The molecule has 0 aliphatic heterocycles. The van der Waals surface area contributed by atoms with Crippen LogP contribution in [-0.4, -0.2) is 15.8 Å². The zero-order chi connectivity index (χ0) is 15.1. The van der Waals surface area contributed by atoms with Crippen LogP contribution in [0.15, 0.2) is 39.6 Å². The molecule has 21 heavy (non-hydrogen) atoms. The van der Waals surface area contributed by atoms with Crippen LogP contribution in [0.1, 0.15) is 27.0 Å². The number of benzene rings is 2. The van der Waals surface area contributed by atoms with E-state index >= 15 is 0 Å². The van der Waals surface area contributed by atoms with Crippen molar-refractivity contribution >= 4 is 32.7 Å². The summed E-state index contributed by atoms with van der Waals surface area (Å²) in [5.74, 6) is -0.0542. The maximum atomic E-state index is 12.8. The Balaban J connectivity index is 2.22. The van der Waals surface area contributed by atoms with Gasteiger partial charge in [-0.1, -0.05) is 18.2 Å². The largest absolute Gasteiger partial charge is 0.323 e. The summed E-state index contributed by atoms with van der Waals surface area (Å²) in [6.07, 6.45) is 0. The van der Waals surface area contributed by atoms with Gasteiger partial charge in [-0.2, -0.15) is 0 Å². The fourth-order valence-corrected chi connectivity index (χ4v) is 3.06. The van der Waals surface area contributed by atoms with Crippen molar-refractivity contribution in [1.29, 1.82) is 0 Å². The van der Waals surface area contributed by atoms with Gasteiger partial charge in [-0.25, -0.2) is 4.79 Å². The first-order valence-corrected chi connectivity index (χ1v) is 7.29. The van der Waals surface area contributed by atoms with Gasteiger partial charge in [0.25, 0.3) is 0 Å². The molecule has 0 saturated heterocycles. The van der Waals surface area contributed by atoms with Gasteiger partial charge in [-0.15, -0.1) is 0 Å². The van der Waals surface area contributed by atoms with E-state index < -0.39 is 0 Å². The lowest BCUT2D eigenvalue weighted by Gasteiger charge is -2.10. The molecule has 0 saturated carbocycles. The Labute approximate surface area is 129 Å². The molecule has 0 bridgehead atoms. The second kappa shape index (κ2) is 5.00. The van der Waals surface area contributed by atoms with Crippen LogP contribution < -0.4 is 5.69 Å². The molecule has 2 N–H and O–H groups in total. The van der Waals surface area contributed by atoms with E-state index in [4.69, 9.17) is 0 Å². The molecule has 0 atom stereocenters. The number of carbonyl (C=O) groups excluding carboxylic acids is 1. The van der Waals surface area contributed by atoms with Crippen molar-refractivity contribution in [2.75, 3.05) is 0 Å². The summed E-state index contributed by atoms with van der Waals surface area (Å²) in [6.45, 7) is 3.84. The Bertz CT molecular complexity index is 901. The Morgan fingerprint density at radius 3 is 2.24 bits per heavy atom. The molecule has 106 valence electrons. The average molecular weight is 345 g/mol. The lowest BCUT2D eigenvalue weighted by Crippen LogP contribution is -2.07. The van der Waals surface area contributed by atoms with Gasteiger partial charge >= 0.3 is 5.69 Å². The molecule has 3 aromatic rings. The van der Waals surface area contributed by atoms with Crippen molar-refractivity contribution in [1.82, 2.24) is 9.97 Å². The van der Waals surface area contributed by atoms with E-state index in [1.807, 2.05) is 32.0 Å². The van der Waals surface area contributed by atoms with E-state index in [9.17, 15) is 9.59 Å². The van der Waals surface area contributed by atoms with Crippen molar-refractivity contribution in [3.8, 4) is 0 Å². The second-order valence-electron chi connectivity index (χ2n) is 5.05. The Morgan fingerprint density at radius 1 is 1.05 bits per heavy atom. The molecular formula is C16H13BrN2O2. The maximum absolute atomic E-state index is 12.8. The molecule has 0 fully saturated rings. The van der Waals surface area contributed by atoms with Crippen LogP contribution in [0.3, 0.4) is 0 Å². The van der Waals surface area contributed by atoms with Gasteiger partial charge in [0, 0.05) is 15.6 Å². The smallest absolute Gasteiger partial charge is 0.306 e. The number of halogens is 1. The van der Waals surface area contributed by atoms with Crippen LogP contribution in [-0.2, 0) is 0 Å². The van der Waals surface area contributed by atoms with Gasteiger partial charge in [0.1, 0.15) is 0 Å². The molecule has 5 heteroatoms. The minimum absolute atomic E-state index is 0.0542. The predicted octanol–water partition coefficient (Wildman–Crippen LogP) is 3.47. The predicted molar refractivity (Wildman–Crippen MR) is 86.0 cm³/mol. The van der Waals surface area contributed by atoms with Gasteiger partial charge in [0.2, 0.25) is 0 Å². The van der Waals surface area contributed by atoms with E-state index in [2.05, 4.69) is 25.9 Å². The molecule has 1 aromatic heterocycles. The van der Waals surface area contributed by atoms with Gasteiger partial charge in [-0.3, -0.25) is 4.79 Å². The Morgan fingerprint density at radius 2 is 1.62 bits per heavy atom. The summed E-state index contributed by atoms with van der Waals surface area (Å²) in [5.41, 5.74) is 4.13. The van der Waals surface area contributed by atoms with Gasteiger partial charge in [0.15, 0.2) is 5.78 Å². The number of ketones is 1. The van der Waals surface area contributed by atoms with Crippen LogP contribution >= 0.6 is 15.9 Å². The third-order valence-electron chi connectivity index (χ3n) is 3.56. The number of hydrogen-bond acceptors (Lipinski definition) is 2. The van der Waals surface area contributed by atoms with Gasteiger partial charge < -0.3 is 9.97 Å². The van der Waals surface area contributed by atoms with Crippen LogP contribution in [0.2, 0.25) is 0 Å². The van der Waals surface area contributed by atoms with Crippen LogP contribution in [0.4, 0.5) is 0 Å². The fourth-order valence-electron chi connectivity index (χ4n) is 2.54. The minimum Gasteiger partial charge on any atom is -0.306 e. The zero-order valence-corrected chi connectivity index (χ0v) is 13.2. The van der Waals surface area contributed by atoms with Crippen LogP contribution in [0.25, 0.3) is 11.0 Å². The molecule has 2 aromatic carbocycles. The van der Waals surface area contributed by atoms with E-state index in [0.717, 1.165) is 11.1 Å². The molecule has 3 rings (SSSR count). The third-order valence-corrected chi connectivity index (χ3v) is 4.21. The number of H-pyrrole nitrogens is 2. The Hall–Kier alpha value is -2.14. The molecule has 4 nitrogen and oxygen atoms in total. The molecule has 0 spiro atoms. The molecule has 0 radical (unpaired) electrons. The highest BCUT2D eigenvalue weighted by Crippen LogP contribution is 2.26. The first-order chi connectivity index (χ1) is 9.97. The molecule has 1 heterocycles. The summed E-state index contributed by atoms with van der Waals surface area (Å²) in [7, 11) is 0. The quantitative estimate of drug-likeness (QED) is 0.699. The van der Waals surface area contributed by atoms with Gasteiger partial charge in [-0.05, 0) is 53.0 Å². The molecule has 0 aliphatic rings. The van der Waals surface area contributed by atoms with Crippen molar-refractivity contribution in [3.63, 3.8) is 0 Å². The highest BCUT2D eigenvalue weighted by molar-refractivity contribution is 9.10. The lowest BCUT2D eigenvalue weighted by atomic mass is 9.95. The molecule has 0 aliphatic carbocycles. The second-order valence-corrected chi connectivity index (χ2v) is 5.91. The normalized spacial score (nSPS) is 11.0. The number of nitrogens with one attached hydrogen (secondary N) is 2. The molecular weight excluding hydrogens is 332 g/mol. The highest BCUT2D eigenvalue weighted by atomic mass is 79.9. The van der Waals surface area contributed by atoms with E-state index in [0.29, 0.717) is 26.6 Å². The number of fused-ring (bicyclic) bond motifs is 1. The van der Waals surface area contributed by atoms with Gasteiger partial charge in [0.05, 0.1) is 11.0 Å². The summed E-state index contributed by atoms with van der Waals surface area (Å²) in [6, 6.07) is 9.22.